The normalized spacial score (nSPS) is 26.4. The van der Waals surface area contributed by atoms with Crippen molar-refractivity contribution in [3.05, 3.63) is 47.3 Å². The van der Waals surface area contributed by atoms with Crippen LogP contribution in [-0.4, -0.2) is 60.8 Å². The van der Waals surface area contributed by atoms with Gasteiger partial charge in [0.25, 0.3) is 0 Å². The topological polar surface area (TPSA) is 75.6 Å². The molecular formula is C23H29FN4O3S. The summed E-state index contributed by atoms with van der Waals surface area (Å²) in [6.07, 6.45) is 3.74. The summed E-state index contributed by atoms with van der Waals surface area (Å²) in [7, 11) is -3.87. The third kappa shape index (κ3) is 3.50. The minimum atomic E-state index is -3.87. The first-order valence-electron chi connectivity index (χ1n) is 11.5. The zero-order valence-corrected chi connectivity index (χ0v) is 19.2. The van der Waals surface area contributed by atoms with Crippen molar-refractivity contribution in [1.82, 2.24) is 14.3 Å². The van der Waals surface area contributed by atoms with E-state index in [4.69, 9.17) is 14.7 Å². The molecule has 2 fully saturated rings. The molecule has 1 unspecified atom stereocenters. The summed E-state index contributed by atoms with van der Waals surface area (Å²) in [5.41, 5.74) is 1.91. The number of aryl methyl sites for hydroxylation is 2. The first-order chi connectivity index (χ1) is 15.5. The molecule has 3 aliphatic rings. The van der Waals surface area contributed by atoms with Gasteiger partial charge in [0.2, 0.25) is 16.0 Å². The van der Waals surface area contributed by atoms with Crippen LogP contribution in [0.4, 0.5) is 10.3 Å². The number of benzene rings is 1. The van der Waals surface area contributed by atoms with Crippen molar-refractivity contribution < 1.29 is 17.5 Å². The molecular weight excluding hydrogens is 431 g/mol. The van der Waals surface area contributed by atoms with Crippen molar-refractivity contribution in [3.63, 3.8) is 0 Å². The Bertz CT molecular complexity index is 1080. The van der Waals surface area contributed by atoms with Gasteiger partial charge in [0.1, 0.15) is 0 Å². The van der Waals surface area contributed by atoms with Crippen molar-refractivity contribution in [2.24, 2.45) is 0 Å². The molecule has 0 bridgehead atoms. The maximum atomic E-state index is 15.8. The molecule has 32 heavy (non-hydrogen) atoms. The summed E-state index contributed by atoms with van der Waals surface area (Å²) >= 11 is 0. The van der Waals surface area contributed by atoms with Gasteiger partial charge in [0, 0.05) is 30.9 Å². The summed E-state index contributed by atoms with van der Waals surface area (Å²) in [4.78, 5) is 11.6. The number of nitrogens with zero attached hydrogens (tertiary/aromatic N) is 4. The molecule has 1 aromatic heterocycles. The average molecular weight is 461 g/mol. The average Bonchev–Trinajstić information content (AvgIpc) is 3.26. The minimum Gasteiger partial charge on any atom is -0.355 e. The van der Waals surface area contributed by atoms with Gasteiger partial charge >= 0.3 is 0 Å². The summed E-state index contributed by atoms with van der Waals surface area (Å²) in [6, 6.07) is 8.18. The number of sulfonamides is 1. The van der Waals surface area contributed by atoms with Crippen LogP contribution in [0, 0.1) is 0 Å². The second-order valence-corrected chi connectivity index (χ2v) is 10.6. The predicted octanol–water partition coefficient (Wildman–Crippen LogP) is 2.88. The fourth-order valence-corrected chi connectivity index (χ4v) is 6.94. The van der Waals surface area contributed by atoms with E-state index >= 15 is 4.39 Å². The third-order valence-corrected chi connectivity index (χ3v) is 8.82. The molecule has 1 spiro atoms. The van der Waals surface area contributed by atoms with Crippen molar-refractivity contribution >= 4 is 16.0 Å². The second-order valence-electron chi connectivity index (χ2n) is 8.70. The lowest BCUT2D eigenvalue weighted by Crippen LogP contribution is -2.62. The molecule has 2 aliphatic heterocycles. The van der Waals surface area contributed by atoms with Crippen molar-refractivity contribution in [2.45, 2.75) is 62.2 Å². The van der Waals surface area contributed by atoms with E-state index in [-0.39, 0.29) is 31.0 Å². The number of hydrogen-bond acceptors (Lipinski definition) is 6. The largest absolute Gasteiger partial charge is 0.355 e. The highest BCUT2D eigenvalue weighted by molar-refractivity contribution is 7.89. The van der Waals surface area contributed by atoms with Crippen LogP contribution in [-0.2, 0) is 34.0 Å². The van der Waals surface area contributed by atoms with Crippen LogP contribution in [0.5, 0.6) is 0 Å². The monoisotopic (exact) mass is 460 g/mol. The van der Waals surface area contributed by atoms with Gasteiger partial charge in [-0.3, -0.25) is 0 Å². The molecule has 0 N–H and O–H groups in total. The lowest BCUT2D eigenvalue weighted by Gasteiger charge is -2.45. The van der Waals surface area contributed by atoms with E-state index in [1.54, 1.807) is 18.2 Å². The van der Waals surface area contributed by atoms with Gasteiger partial charge < -0.3 is 9.64 Å². The number of halogens is 1. The number of hydrogen-bond donors (Lipinski definition) is 0. The van der Waals surface area contributed by atoms with E-state index in [9.17, 15) is 8.42 Å². The molecule has 1 aliphatic carbocycles. The van der Waals surface area contributed by atoms with E-state index in [0.29, 0.717) is 12.5 Å². The number of aromatic nitrogens is 2. The highest BCUT2D eigenvalue weighted by Gasteiger charge is 2.57. The van der Waals surface area contributed by atoms with Crippen molar-refractivity contribution in [3.8, 4) is 0 Å². The molecule has 0 saturated carbocycles. The van der Waals surface area contributed by atoms with Crippen molar-refractivity contribution in [1.29, 1.82) is 0 Å². The van der Waals surface area contributed by atoms with Gasteiger partial charge in [-0.15, -0.1) is 0 Å². The fourth-order valence-electron chi connectivity index (χ4n) is 5.21. The summed E-state index contributed by atoms with van der Waals surface area (Å²) in [5, 5.41) is 0. The van der Waals surface area contributed by atoms with Crippen LogP contribution < -0.4 is 4.90 Å². The van der Waals surface area contributed by atoms with E-state index in [1.807, 2.05) is 4.90 Å². The highest BCUT2D eigenvalue weighted by atomic mass is 32.2. The number of rotatable bonds is 4. The first-order valence-corrected chi connectivity index (χ1v) is 12.9. The first kappa shape index (κ1) is 21.7. The maximum absolute atomic E-state index is 15.8. The number of alkyl halides is 1. The molecule has 172 valence electrons. The molecule has 2 saturated heterocycles. The SMILES string of the molecule is CCc1nc(N2CC[C@]3(OCCN3S(=O)(=O)c3ccccc3)C(F)C2)nc2c1CCCC2. The van der Waals surface area contributed by atoms with Crippen LogP contribution in [0.15, 0.2) is 35.2 Å². The predicted molar refractivity (Wildman–Crippen MR) is 119 cm³/mol. The molecule has 3 heterocycles. The Hall–Kier alpha value is -2.10. The van der Waals surface area contributed by atoms with E-state index in [0.717, 1.165) is 43.5 Å². The van der Waals surface area contributed by atoms with Gasteiger partial charge in [-0.05, 0) is 49.8 Å². The maximum Gasteiger partial charge on any atom is 0.245 e. The molecule has 1 aromatic carbocycles. The number of anilines is 1. The zero-order valence-electron chi connectivity index (χ0n) is 18.3. The van der Waals surface area contributed by atoms with Gasteiger partial charge in [0.05, 0.1) is 18.0 Å². The molecule has 9 heteroatoms. The van der Waals surface area contributed by atoms with Gasteiger partial charge in [-0.1, -0.05) is 25.1 Å². The Labute approximate surface area is 188 Å². The third-order valence-electron chi connectivity index (χ3n) is 6.88. The standard InChI is InChI=1S/C23H29FN4O3S/c1-2-19-18-10-6-7-11-20(18)26-22(25-19)27-13-12-23(21(24)16-27)28(14-15-31-23)32(29,30)17-8-4-3-5-9-17/h3-5,8-9,21H,2,6-7,10-16H2,1H3/t21?,23-/m0/s1. The summed E-state index contributed by atoms with van der Waals surface area (Å²) in [5.74, 6) is 0.551. The molecule has 2 aromatic rings. The van der Waals surface area contributed by atoms with Crippen LogP contribution in [0.1, 0.15) is 43.1 Å². The molecule has 2 atom stereocenters. The number of piperidine rings is 1. The van der Waals surface area contributed by atoms with Crippen LogP contribution >= 0.6 is 0 Å². The molecule has 5 rings (SSSR count). The molecule has 0 amide bonds. The summed E-state index contributed by atoms with van der Waals surface area (Å²) < 4.78 is 49.4. The Balaban J connectivity index is 1.42. The molecule has 7 nitrogen and oxygen atoms in total. The van der Waals surface area contributed by atoms with E-state index in [2.05, 4.69) is 6.92 Å². The quantitative estimate of drug-likeness (QED) is 0.699. The summed E-state index contributed by atoms with van der Waals surface area (Å²) in [6.45, 7) is 2.85. The Morgan fingerprint density at radius 2 is 1.94 bits per heavy atom. The lowest BCUT2D eigenvalue weighted by molar-refractivity contribution is -0.116. The Kier molecular flexibility index (Phi) is 5.67. The van der Waals surface area contributed by atoms with Crippen LogP contribution in [0.3, 0.4) is 0 Å². The minimum absolute atomic E-state index is 0.00273. The van der Waals surface area contributed by atoms with Crippen LogP contribution in [0.25, 0.3) is 0 Å². The Morgan fingerprint density at radius 3 is 2.69 bits per heavy atom. The van der Waals surface area contributed by atoms with Gasteiger partial charge in [0.15, 0.2) is 11.9 Å². The van der Waals surface area contributed by atoms with Gasteiger partial charge in [-0.2, -0.15) is 4.31 Å². The van der Waals surface area contributed by atoms with E-state index < -0.39 is 21.9 Å². The second kappa shape index (κ2) is 8.35. The van der Waals surface area contributed by atoms with E-state index in [1.165, 1.54) is 22.0 Å². The number of ether oxygens (including phenoxy) is 1. The lowest BCUT2D eigenvalue weighted by atomic mass is 9.94. The van der Waals surface area contributed by atoms with Crippen LogP contribution in [0.2, 0.25) is 0 Å². The number of fused-ring (bicyclic) bond motifs is 1. The highest BCUT2D eigenvalue weighted by Crippen LogP contribution is 2.40. The van der Waals surface area contributed by atoms with Gasteiger partial charge in [-0.25, -0.2) is 22.8 Å². The Morgan fingerprint density at radius 1 is 1.16 bits per heavy atom. The zero-order chi connectivity index (χ0) is 22.3. The fraction of sp³-hybridized carbons (Fsp3) is 0.565. The smallest absolute Gasteiger partial charge is 0.245 e. The van der Waals surface area contributed by atoms with Crippen molar-refractivity contribution in [2.75, 3.05) is 31.1 Å². The molecule has 0 radical (unpaired) electrons.